The minimum absolute atomic E-state index is 0.139. The van der Waals surface area contributed by atoms with Crippen LogP contribution in [0.25, 0.3) is 5.69 Å². The van der Waals surface area contributed by atoms with E-state index in [9.17, 15) is 18.0 Å². The van der Waals surface area contributed by atoms with E-state index in [0.29, 0.717) is 22.9 Å². The fraction of sp³-hybridized carbons (Fsp3) is 0.235. The molecule has 0 fully saturated rings. The minimum atomic E-state index is -4.47. The van der Waals surface area contributed by atoms with E-state index in [1.165, 1.54) is 23.9 Å². The van der Waals surface area contributed by atoms with Crippen molar-refractivity contribution < 1.29 is 27.4 Å². The van der Waals surface area contributed by atoms with Gasteiger partial charge in [-0.05, 0) is 41.6 Å². The predicted octanol–water partition coefficient (Wildman–Crippen LogP) is 2.57. The first-order valence-corrected chi connectivity index (χ1v) is 8.17. The van der Waals surface area contributed by atoms with Gasteiger partial charge in [-0.15, -0.1) is 5.10 Å². The van der Waals surface area contributed by atoms with Crippen molar-refractivity contribution in [3.05, 3.63) is 47.9 Å². The molecule has 3 rings (SSSR count). The highest BCUT2D eigenvalue weighted by molar-refractivity contribution is 6.04. The Kier molecular flexibility index (Phi) is 5.61. The number of tetrazole rings is 1. The molecular weight excluding hydrogens is 393 g/mol. The molecule has 0 spiro atoms. The average Bonchev–Trinajstić information content (AvgIpc) is 3.12. The maximum Gasteiger partial charge on any atom is 0.422 e. The zero-order valence-corrected chi connectivity index (χ0v) is 15.3. The first-order chi connectivity index (χ1) is 13.8. The number of carbonyl (C=O) groups excluding carboxylic acids is 1. The quantitative estimate of drug-likeness (QED) is 0.668. The van der Waals surface area contributed by atoms with Crippen LogP contribution in [-0.2, 0) is 0 Å². The van der Waals surface area contributed by atoms with Gasteiger partial charge in [0.05, 0.1) is 12.7 Å². The molecule has 2 aromatic heterocycles. The van der Waals surface area contributed by atoms with Crippen LogP contribution < -0.4 is 14.8 Å². The summed E-state index contributed by atoms with van der Waals surface area (Å²) in [6.07, 6.45) is -3.35. The summed E-state index contributed by atoms with van der Waals surface area (Å²) in [5, 5.41) is 13.9. The number of halogens is 3. The molecule has 0 bridgehead atoms. The van der Waals surface area contributed by atoms with Crippen LogP contribution in [0.3, 0.4) is 0 Å². The van der Waals surface area contributed by atoms with E-state index in [0.717, 1.165) is 6.20 Å². The van der Waals surface area contributed by atoms with Gasteiger partial charge in [0, 0.05) is 18.0 Å². The smallest absolute Gasteiger partial charge is 0.422 e. The van der Waals surface area contributed by atoms with Gasteiger partial charge in [-0.1, -0.05) is 0 Å². The van der Waals surface area contributed by atoms with E-state index in [1.54, 1.807) is 25.1 Å². The first kappa shape index (κ1) is 20.0. The SMILES string of the molecule is COc1ccc(NC(=O)c2ccc(OCC(F)(F)F)nc2)cc1-n1nnnc1C. The van der Waals surface area contributed by atoms with Crippen LogP contribution in [0.15, 0.2) is 36.5 Å². The van der Waals surface area contributed by atoms with Crippen molar-refractivity contribution in [1.29, 1.82) is 0 Å². The van der Waals surface area contributed by atoms with Gasteiger partial charge in [-0.25, -0.2) is 4.98 Å². The molecule has 3 aromatic rings. The largest absolute Gasteiger partial charge is 0.494 e. The van der Waals surface area contributed by atoms with Gasteiger partial charge >= 0.3 is 6.18 Å². The highest BCUT2D eigenvalue weighted by Gasteiger charge is 2.28. The summed E-state index contributed by atoms with van der Waals surface area (Å²) in [4.78, 5) is 16.1. The van der Waals surface area contributed by atoms with E-state index < -0.39 is 18.7 Å². The molecular formula is C17H15F3N6O3. The van der Waals surface area contributed by atoms with E-state index in [4.69, 9.17) is 4.74 Å². The number of anilines is 1. The molecule has 0 aliphatic carbocycles. The number of hydrogen-bond donors (Lipinski definition) is 1. The monoisotopic (exact) mass is 408 g/mol. The second kappa shape index (κ2) is 8.12. The molecule has 9 nitrogen and oxygen atoms in total. The topological polar surface area (TPSA) is 104 Å². The number of benzene rings is 1. The Hall–Kier alpha value is -3.70. The van der Waals surface area contributed by atoms with Crippen molar-refractivity contribution in [3.63, 3.8) is 0 Å². The Labute approximate surface area is 162 Å². The molecule has 0 unspecified atom stereocenters. The third kappa shape index (κ3) is 4.97. The van der Waals surface area contributed by atoms with E-state index in [-0.39, 0.29) is 11.4 Å². The molecule has 29 heavy (non-hydrogen) atoms. The number of pyridine rings is 1. The van der Waals surface area contributed by atoms with Crippen molar-refractivity contribution in [1.82, 2.24) is 25.2 Å². The van der Waals surface area contributed by atoms with Crippen LogP contribution in [0, 0.1) is 6.92 Å². The van der Waals surface area contributed by atoms with Crippen LogP contribution in [0.4, 0.5) is 18.9 Å². The van der Waals surface area contributed by atoms with Crippen LogP contribution >= 0.6 is 0 Å². The number of ether oxygens (including phenoxy) is 2. The third-order valence-electron chi connectivity index (χ3n) is 3.67. The van der Waals surface area contributed by atoms with Crippen LogP contribution in [0.5, 0.6) is 11.6 Å². The third-order valence-corrected chi connectivity index (χ3v) is 3.67. The Balaban J connectivity index is 1.74. The summed E-state index contributed by atoms with van der Waals surface area (Å²) in [7, 11) is 1.49. The van der Waals surface area contributed by atoms with Gasteiger partial charge < -0.3 is 14.8 Å². The average molecular weight is 408 g/mol. The molecule has 1 amide bonds. The van der Waals surface area contributed by atoms with E-state index in [1.807, 2.05) is 0 Å². The molecule has 0 saturated carbocycles. The number of nitrogens with zero attached hydrogens (tertiary/aromatic N) is 5. The fourth-order valence-electron chi connectivity index (χ4n) is 2.35. The lowest BCUT2D eigenvalue weighted by Gasteiger charge is -2.12. The molecule has 2 heterocycles. The molecule has 152 valence electrons. The maximum absolute atomic E-state index is 12.4. The minimum Gasteiger partial charge on any atom is -0.494 e. The number of aromatic nitrogens is 5. The second-order valence-corrected chi connectivity index (χ2v) is 5.77. The lowest BCUT2D eigenvalue weighted by atomic mass is 10.2. The standard InChI is InChI=1S/C17H15F3N6O3/c1-10-23-24-25-26(10)13-7-12(4-5-14(13)28-2)22-16(27)11-3-6-15(21-8-11)29-9-17(18,19)20/h3-8H,9H2,1-2H3,(H,22,27). The summed E-state index contributed by atoms with van der Waals surface area (Å²) in [5.41, 5.74) is 1.08. The predicted molar refractivity (Wildman–Crippen MR) is 94.2 cm³/mol. The summed E-state index contributed by atoms with van der Waals surface area (Å²) < 4.78 is 47.8. The molecule has 0 atom stereocenters. The molecule has 0 saturated heterocycles. The second-order valence-electron chi connectivity index (χ2n) is 5.77. The number of rotatable bonds is 6. The molecule has 0 aliphatic heterocycles. The highest BCUT2D eigenvalue weighted by atomic mass is 19.4. The van der Waals surface area contributed by atoms with Crippen LogP contribution in [0.1, 0.15) is 16.2 Å². The number of alkyl halides is 3. The van der Waals surface area contributed by atoms with Gasteiger partial charge in [0.15, 0.2) is 12.4 Å². The summed E-state index contributed by atoms with van der Waals surface area (Å²) in [5.74, 6) is 0.265. The number of carbonyl (C=O) groups is 1. The van der Waals surface area contributed by atoms with Gasteiger partial charge in [0.25, 0.3) is 5.91 Å². The zero-order valence-electron chi connectivity index (χ0n) is 15.3. The summed E-state index contributed by atoms with van der Waals surface area (Å²) >= 11 is 0. The Morgan fingerprint density at radius 1 is 1.24 bits per heavy atom. The molecule has 0 aliphatic rings. The summed E-state index contributed by atoms with van der Waals surface area (Å²) in [6, 6.07) is 7.37. The molecule has 0 radical (unpaired) electrons. The number of nitrogens with one attached hydrogen (secondary N) is 1. The number of aryl methyl sites for hydroxylation is 1. The van der Waals surface area contributed by atoms with Gasteiger partial charge in [0.1, 0.15) is 11.4 Å². The van der Waals surface area contributed by atoms with Crippen molar-refractivity contribution in [2.24, 2.45) is 0 Å². The van der Waals surface area contributed by atoms with Gasteiger partial charge in [-0.2, -0.15) is 17.9 Å². The van der Waals surface area contributed by atoms with E-state index >= 15 is 0 Å². The Morgan fingerprint density at radius 3 is 2.62 bits per heavy atom. The fourth-order valence-corrected chi connectivity index (χ4v) is 2.35. The Bertz CT molecular complexity index is 1000. The first-order valence-electron chi connectivity index (χ1n) is 8.17. The van der Waals surface area contributed by atoms with Crippen LogP contribution in [0.2, 0.25) is 0 Å². The molecule has 1 N–H and O–H groups in total. The van der Waals surface area contributed by atoms with Crippen molar-refractivity contribution in [3.8, 4) is 17.3 Å². The normalized spacial score (nSPS) is 11.2. The highest BCUT2D eigenvalue weighted by Crippen LogP contribution is 2.26. The van der Waals surface area contributed by atoms with Crippen molar-refractivity contribution >= 4 is 11.6 Å². The van der Waals surface area contributed by atoms with Gasteiger partial charge in [-0.3, -0.25) is 4.79 Å². The number of methoxy groups -OCH3 is 1. The van der Waals surface area contributed by atoms with Crippen molar-refractivity contribution in [2.45, 2.75) is 13.1 Å². The Morgan fingerprint density at radius 2 is 2.03 bits per heavy atom. The lowest BCUT2D eigenvalue weighted by molar-refractivity contribution is -0.154. The van der Waals surface area contributed by atoms with Gasteiger partial charge in [0.2, 0.25) is 5.88 Å². The van der Waals surface area contributed by atoms with Crippen LogP contribution in [-0.4, -0.2) is 51.0 Å². The molecule has 12 heteroatoms. The lowest BCUT2D eigenvalue weighted by Crippen LogP contribution is -2.19. The van der Waals surface area contributed by atoms with Crippen molar-refractivity contribution in [2.75, 3.05) is 19.0 Å². The maximum atomic E-state index is 12.4. The number of hydrogen-bond acceptors (Lipinski definition) is 7. The molecule has 1 aromatic carbocycles. The zero-order chi connectivity index (χ0) is 21.0. The summed E-state index contributed by atoms with van der Waals surface area (Å²) in [6.45, 7) is 0.246. The number of amides is 1. The van der Waals surface area contributed by atoms with E-state index in [2.05, 4.69) is 30.6 Å².